The molecule has 0 aliphatic carbocycles. The first-order valence-electron chi connectivity index (χ1n) is 6.34. The molecule has 3 aromatic rings. The minimum atomic E-state index is 0.137. The van der Waals surface area contributed by atoms with Gasteiger partial charge in [0, 0.05) is 31.3 Å². The van der Waals surface area contributed by atoms with Crippen LogP contribution in [0.1, 0.15) is 5.56 Å². The first-order valence-corrected chi connectivity index (χ1v) is 6.72. The SMILES string of the molecule is Clc1nc(NCCc2cccnc2)nc(-n2ccnc2)n1. The average molecular weight is 302 g/mol. The Morgan fingerprint density at radius 2 is 2.10 bits per heavy atom. The van der Waals surface area contributed by atoms with Gasteiger partial charge in [-0.15, -0.1) is 0 Å². The summed E-state index contributed by atoms with van der Waals surface area (Å²) in [5.41, 5.74) is 1.14. The molecule has 3 rings (SSSR count). The highest BCUT2D eigenvalue weighted by molar-refractivity contribution is 6.28. The van der Waals surface area contributed by atoms with Gasteiger partial charge in [-0.1, -0.05) is 6.07 Å². The third-order valence-corrected chi connectivity index (χ3v) is 2.92. The van der Waals surface area contributed by atoms with E-state index < -0.39 is 0 Å². The van der Waals surface area contributed by atoms with Crippen molar-refractivity contribution in [1.82, 2.24) is 29.5 Å². The van der Waals surface area contributed by atoms with Crippen molar-refractivity contribution in [3.8, 4) is 5.95 Å². The molecule has 0 spiro atoms. The second-order valence-electron chi connectivity index (χ2n) is 4.24. The lowest BCUT2D eigenvalue weighted by molar-refractivity contribution is 0.883. The van der Waals surface area contributed by atoms with E-state index in [0.29, 0.717) is 18.4 Å². The Labute approximate surface area is 126 Å². The van der Waals surface area contributed by atoms with E-state index >= 15 is 0 Å². The minimum Gasteiger partial charge on any atom is -0.354 e. The van der Waals surface area contributed by atoms with Crippen LogP contribution in [0.3, 0.4) is 0 Å². The fourth-order valence-electron chi connectivity index (χ4n) is 1.78. The Morgan fingerprint density at radius 3 is 2.86 bits per heavy atom. The molecule has 3 heterocycles. The first-order chi connectivity index (χ1) is 10.3. The van der Waals surface area contributed by atoms with Crippen LogP contribution in [-0.4, -0.2) is 36.0 Å². The molecule has 1 N–H and O–H groups in total. The van der Waals surface area contributed by atoms with Crippen molar-refractivity contribution in [2.45, 2.75) is 6.42 Å². The third kappa shape index (κ3) is 3.51. The van der Waals surface area contributed by atoms with Gasteiger partial charge >= 0.3 is 0 Å². The molecule has 3 aromatic heterocycles. The van der Waals surface area contributed by atoms with Gasteiger partial charge in [-0.25, -0.2) is 4.98 Å². The maximum absolute atomic E-state index is 5.92. The van der Waals surface area contributed by atoms with Gasteiger partial charge in [-0.05, 0) is 29.7 Å². The van der Waals surface area contributed by atoms with Gasteiger partial charge in [0.1, 0.15) is 6.33 Å². The van der Waals surface area contributed by atoms with Gasteiger partial charge in [0.25, 0.3) is 0 Å². The summed E-state index contributed by atoms with van der Waals surface area (Å²) < 4.78 is 1.67. The normalized spacial score (nSPS) is 10.5. The van der Waals surface area contributed by atoms with Crippen LogP contribution in [0.25, 0.3) is 5.95 Å². The Morgan fingerprint density at radius 1 is 1.14 bits per heavy atom. The van der Waals surface area contributed by atoms with Crippen molar-refractivity contribution in [3.05, 3.63) is 54.1 Å². The van der Waals surface area contributed by atoms with E-state index in [-0.39, 0.29) is 5.28 Å². The number of anilines is 1. The zero-order valence-corrected chi connectivity index (χ0v) is 11.8. The number of nitrogens with zero attached hydrogens (tertiary/aromatic N) is 6. The van der Waals surface area contributed by atoms with Crippen molar-refractivity contribution in [2.75, 3.05) is 11.9 Å². The molecular formula is C13H12ClN7. The van der Waals surface area contributed by atoms with Crippen molar-refractivity contribution in [1.29, 1.82) is 0 Å². The van der Waals surface area contributed by atoms with E-state index in [4.69, 9.17) is 11.6 Å². The maximum atomic E-state index is 5.92. The molecule has 0 atom stereocenters. The summed E-state index contributed by atoms with van der Waals surface area (Å²) in [5.74, 6) is 0.860. The smallest absolute Gasteiger partial charge is 0.241 e. The van der Waals surface area contributed by atoms with Crippen molar-refractivity contribution < 1.29 is 0 Å². The van der Waals surface area contributed by atoms with Crippen LogP contribution in [0, 0.1) is 0 Å². The van der Waals surface area contributed by atoms with Crippen LogP contribution < -0.4 is 5.32 Å². The highest BCUT2D eigenvalue weighted by Crippen LogP contribution is 2.09. The molecule has 0 unspecified atom stereocenters. The summed E-state index contributed by atoms with van der Waals surface area (Å²) in [7, 11) is 0. The molecule has 0 aromatic carbocycles. The largest absolute Gasteiger partial charge is 0.354 e. The first kappa shape index (κ1) is 13.4. The van der Waals surface area contributed by atoms with Gasteiger partial charge in [-0.2, -0.15) is 15.0 Å². The van der Waals surface area contributed by atoms with Crippen LogP contribution in [0.4, 0.5) is 5.95 Å². The van der Waals surface area contributed by atoms with Crippen LogP contribution in [0.15, 0.2) is 43.2 Å². The number of hydrogen-bond donors (Lipinski definition) is 1. The topological polar surface area (TPSA) is 81.4 Å². The number of imidazole rings is 1. The molecule has 0 saturated carbocycles. The van der Waals surface area contributed by atoms with Crippen molar-refractivity contribution in [2.24, 2.45) is 0 Å². The Bertz CT molecular complexity index is 700. The molecule has 0 aliphatic heterocycles. The van der Waals surface area contributed by atoms with Gasteiger partial charge in [0.15, 0.2) is 0 Å². The lowest BCUT2D eigenvalue weighted by Crippen LogP contribution is -2.11. The second kappa shape index (κ2) is 6.27. The van der Waals surface area contributed by atoms with Gasteiger partial charge in [0.2, 0.25) is 17.2 Å². The molecular weight excluding hydrogens is 290 g/mol. The van der Waals surface area contributed by atoms with Crippen molar-refractivity contribution in [3.63, 3.8) is 0 Å². The van der Waals surface area contributed by atoms with Crippen molar-refractivity contribution >= 4 is 17.5 Å². The fourth-order valence-corrected chi connectivity index (χ4v) is 1.93. The molecule has 0 bridgehead atoms. The number of rotatable bonds is 5. The van der Waals surface area contributed by atoms with Crippen LogP contribution in [-0.2, 0) is 6.42 Å². The highest BCUT2D eigenvalue weighted by Gasteiger charge is 2.06. The number of halogens is 1. The fraction of sp³-hybridized carbons (Fsp3) is 0.154. The number of pyridine rings is 1. The van der Waals surface area contributed by atoms with E-state index in [2.05, 4.69) is 30.2 Å². The molecule has 7 nitrogen and oxygen atoms in total. The number of hydrogen-bond acceptors (Lipinski definition) is 6. The number of nitrogens with one attached hydrogen (secondary N) is 1. The zero-order valence-electron chi connectivity index (χ0n) is 11.0. The zero-order chi connectivity index (χ0) is 14.5. The van der Waals surface area contributed by atoms with E-state index in [1.807, 2.05) is 18.3 Å². The van der Waals surface area contributed by atoms with E-state index in [1.54, 1.807) is 29.5 Å². The molecule has 0 radical (unpaired) electrons. The van der Waals surface area contributed by atoms with E-state index in [9.17, 15) is 0 Å². The summed E-state index contributed by atoms with van der Waals surface area (Å²) >= 11 is 5.92. The summed E-state index contributed by atoms with van der Waals surface area (Å²) in [6.07, 6.45) is 9.39. The van der Waals surface area contributed by atoms with Crippen LogP contribution in [0.5, 0.6) is 0 Å². The molecule has 8 heteroatoms. The summed E-state index contributed by atoms with van der Waals surface area (Å²) in [6, 6.07) is 3.93. The highest BCUT2D eigenvalue weighted by atomic mass is 35.5. The lowest BCUT2D eigenvalue weighted by Gasteiger charge is -2.07. The van der Waals surface area contributed by atoms with Gasteiger partial charge in [0.05, 0.1) is 0 Å². The Kier molecular flexibility index (Phi) is 4.02. The summed E-state index contributed by atoms with van der Waals surface area (Å²) in [6.45, 7) is 0.676. The quantitative estimate of drug-likeness (QED) is 0.773. The summed E-state index contributed by atoms with van der Waals surface area (Å²) in [4.78, 5) is 20.4. The third-order valence-electron chi connectivity index (χ3n) is 2.75. The Hall–Kier alpha value is -2.54. The summed E-state index contributed by atoms with van der Waals surface area (Å²) in [5, 5.41) is 3.26. The molecule has 106 valence electrons. The van der Waals surface area contributed by atoms with Gasteiger partial charge < -0.3 is 5.32 Å². The van der Waals surface area contributed by atoms with E-state index in [1.165, 1.54) is 0 Å². The monoisotopic (exact) mass is 301 g/mol. The second-order valence-corrected chi connectivity index (χ2v) is 4.57. The average Bonchev–Trinajstić information content (AvgIpc) is 3.02. The predicted molar refractivity (Wildman–Crippen MR) is 78.4 cm³/mol. The number of aromatic nitrogens is 6. The standard InChI is InChI=1S/C13H12ClN7/c14-11-18-12(17-5-3-10-2-1-4-15-8-10)20-13(19-11)21-7-6-16-9-21/h1-2,4,6-9H,3,5H2,(H,17,18,19,20). The molecule has 0 amide bonds. The molecule has 0 saturated heterocycles. The van der Waals surface area contributed by atoms with Crippen LogP contribution in [0.2, 0.25) is 5.28 Å². The lowest BCUT2D eigenvalue weighted by atomic mass is 10.2. The minimum absolute atomic E-state index is 0.137. The predicted octanol–water partition coefficient (Wildman–Crippen LogP) is 1.76. The van der Waals surface area contributed by atoms with Gasteiger partial charge in [-0.3, -0.25) is 9.55 Å². The maximum Gasteiger partial charge on any atom is 0.241 e. The van der Waals surface area contributed by atoms with E-state index in [0.717, 1.165) is 12.0 Å². The Balaban J connectivity index is 1.68. The molecule has 21 heavy (non-hydrogen) atoms. The molecule has 0 fully saturated rings. The molecule has 0 aliphatic rings. The van der Waals surface area contributed by atoms with Crippen LogP contribution >= 0.6 is 11.6 Å².